The number of aromatic nitrogens is 4. The lowest BCUT2D eigenvalue weighted by atomic mass is 10.1. The molecule has 1 aliphatic heterocycles. The highest BCUT2D eigenvalue weighted by molar-refractivity contribution is 7.99. The Morgan fingerprint density at radius 1 is 1.17 bits per heavy atom. The smallest absolute Gasteiger partial charge is 0.306 e. The zero-order valence-corrected chi connectivity index (χ0v) is 18.5. The van der Waals surface area contributed by atoms with Crippen molar-refractivity contribution >= 4 is 40.5 Å². The van der Waals surface area contributed by atoms with E-state index in [1.54, 1.807) is 18.7 Å². The first-order chi connectivity index (χ1) is 14.6. The first-order valence-corrected chi connectivity index (χ1v) is 11.6. The molecule has 1 N–H and O–H groups in total. The molecule has 0 saturated carbocycles. The summed E-state index contributed by atoms with van der Waals surface area (Å²) < 4.78 is 6.66. The van der Waals surface area contributed by atoms with Crippen molar-refractivity contribution in [3.05, 3.63) is 6.20 Å². The number of hydrogen-bond donors (Lipinski definition) is 1. The van der Waals surface area contributed by atoms with Crippen LogP contribution in [0.4, 0.5) is 5.82 Å². The number of nitrogens with zero attached hydrogens (tertiary/aromatic N) is 5. The summed E-state index contributed by atoms with van der Waals surface area (Å²) in [6.07, 6.45) is 5.64. The number of nitrogens with one attached hydrogen (secondary N) is 1. The molecule has 0 aliphatic carbocycles. The molecular weight excluding hydrogens is 404 g/mol. The quantitative estimate of drug-likeness (QED) is 0.345. The van der Waals surface area contributed by atoms with Gasteiger partial charge in [0.05, 0.1) is 31.2 Å². The van der Waals surface area contributed by atoms with Crippen molar-refractivity contribution in [1.29, 1.82) is 0 Å². The molecule has 2 aromatic rings. The predicted octanol–water partition coefficient (Wildman–Crippen LogP) is 2.39. The van der Waals surface area contributed by atoms with Crippen LogP contribution in [-0.2, 0) is 20.9 Å². The molecule has 0 bridgehead atoms. The van der Waals surface area contributed by atoms with E-state index < -0.39 is 0 Å². The molecule has 164 valence electrons. The van der Waals surface area contributed by atoms with Crippen LogP contribution in [0.25, 0.3) is 11.0 Å². The van der Waals surface area contributed by atoms with Gasteiger partial charge in [0.1, 0.15) is 5.82 Å². The summed E-state index contributed by atoms with van der Waals surface area (Å²) in [6, 6.07) is 0. The second-order valence-corrected chi connectivity index (χ2v) is 8.30. The minimum atomic E-state index is -0.353. The number of hydrogen-bond acceptors (Lipinski definition) is 8. The summed E-state index contributed by atoms with van der Waals surface area (Å²) in [4.78, 5) is 35.2. The van der Waals surface area contributed by atoms with Gasteiger partial charge < -0.3 is 15.0 Å². The highest BCUT2D eigenvalue weighted by atomic mass is 32.2. The maximum atomic E-state index is 12.0. The van der Waals surface area contributed by atoms with E-state index in [0.717, 1.165) is 40.9 Å². The molecule has 3 heterocycles. The van der Waals surface area contributed by atoms with E-state index >= 15 is 0 Å². The Labute approximate surface area is 180 Å². The summed E-state index contributed by atoms with van der Waals surface area (Å²) in [6.45, 7) is 7.08. The van der Waals surface area contributed by atoms with Crippen molar-refractivity contribution in [3.63, 3.8) is 0 Å². The number of piperidine rings is 1. The lowest BCUT2D eigenvalue weighted by molar-refractivity contribution is -0.144. The fourth-order valence-corrected chi connectivity index (χ4v) is 4.02. The summed E-state index contributed by atoms with van der Waals surface area (Å²) in [5.41, 5.74) is 0.794. The maximum absolute atomic E-state index is 12.0. The van der Waals surface area contributed by atoms with Crippen molar-refractivity contribution < 1.29 is 14.3 Å². The van der Waals surface area contributed by atoms with E-state index in [-0.39, 0.29) is 24.7 Å². The number of esters is 1. The minimum Gasteiger partial charge on any atom is -0.466 e. The van der Waals surface area contributed by atoms with E-state index in [9.17, 15) is 9.59 Å². The average molecular weight is 435 g/mol. The van der Waals surface area contributed by atoms with Crippen LogP contribution in [0.3, 0.4) is 0 Å². The standard InChI is InChI=1S/C20H30N6O3S/c1-3-29-17(28)9-8-16(27)21-10-13-26-19-15(14-22-26)18(23-20(24-19)30-4-2)25-11-6-5-7-12-25/h14H,3-13H2,1-2H3,(H,21,27). The molecule has 2 aromatic heterocycles. The Morgan fingerprint density at radius 2 is 1.97 bits per heavy atom. The molecular formula is C20H30N6O3S. The van der Waals surface area contributed by atoms with E-state index in [1.807, 2.05) is 10.9 Å². The van der Waals surface area contributed by atoms with E-state index in [1.165, 1.54) is 19.3 Å². The Kier molecular flexibility index (Phi) is 8.30. The van der Waals surface area contributed by atoms with Gasteiger partial charge in [-0.3, -0.25) is 9.59 Å². The summed E-state index contributed by atoms with van der Waals surface area (Å²) in [5.74, 6) is 1.33. The second-order valence-electron chi connectivity index (χ2n) is 7.07. The van der Waals surface area contributed by atoms with E-state index in [4.69, 9.17) is 14.7 Å². The molecule has 0 radical (unpaired) electrons. The van der Waals surface area contributed by atoms with E-state index in [2.05, 4.69) is 22.2 Å². The molecule has 0 unspecified atom stereocenters. The maximum Gasteiger partial charge on any atom is 0.306 e. The van der Waals surface area contributed by atoms with Crippen LogP contribution in [0.2, 0.25) is 0 Å². The zero-order valence-electron chi connectivity index (χ0n) is 17.7. The van der Waals surface area contributed by atoms with Crippen molar-refractivity contribution in [3.8, 4) is 0 Å². The molecule has 1 amide bonds. The molecule has 0 spiro atoms. The van der Waals surface area contributed by atoms with Crippen molar-refractivity contribution in [2.75, 3.05) is 36.9 Å². The third kappa shape index (κ3) is 5.84. The third-order valence-corrected chi connectivity index (χ3v) is 5.62. The van der Waals surface area contributed by atoms with Gasteiger partial charge in [-0.1, -0.05) is 18.7 Å². The molecule has 1 fully saturated rings. The SMILES string of the molecule is CCOC(=O)CCC(=O)NCCn1ncc2c(N3CCCCC3)nc(SCC)nc21. The highest BCUT2D eigenvalue weighted by Gasteiger charge is 2.20. The van der Waals surface area contributed by atoms with Gasteiger partial charge in [-0.25, -0.2) is 14.6 Å². The van der Waals surface area contributed by atoms with Gasteiger partial charge in [-0.05, 0) is 31.9 Å². The normalized spacial score (nSPS) is 14.1. The molecule has 1 aliphatic rings. The predicted molar refractivity (Wildman–Crippen MR) is 117 cm³/mol. The summed E-state index contributed by atoms with van der Waals surface area (Å²) in [5, 5.41) is 9.04. The average Bonchev–Trinajstić information content (AvgIpc) is 3.16. The van der Waals surface area contributed by atoms with Crippen LogP contribution in [0.1, 0.15) is 46.0 Å². The Bertz CT molecular complexity index is 866. The Hall–Kier alpha value is -2.36. The minimum absolute atomic E-state index is 0.0917. The zero-order chi connectivity index (χ0) is 21.3. The number of amides is 1. The topological polar surface area (TPSA) is 102 Å². The van der Waals surface area contributed by atoms with Gasteiger partial charge in [0.2, 0.25) is 5.91 Å². The Balaban J connectivity index is 1.66. The van der Waals surface area contributed by atoms with Crippen LogP contribution in [-0.4, -0.2) is 63.6 Å². The fourth-order valence-electron chi connectivity index (χ4n) is 3.46. The van der Waals surface area contributed by atoms with Crippen molar-refractivity contribution in [1.82, 2.24) is 25.1 Å². The van der Waals surface area contributed by atoms with Gasteiger partial charge >= 0.3 is 5.97 Å². The van der Waals surface area contributed by atoms with Crippen LogP contribution in [0.15, 0.2) is 11.4 Å². The van der Waals surface area contributed by atoms with Gasteiger partial charge in [0.15, 0.2) is 10.8 Å². The summed E-state index contributed by atoms with van der Waals surface area (Å²) >= 11 is 1.62. The molecule has 1 saturated heterocycles. The molecule has 30 heavy (non-hydrogen) atoms. The lowest BCUT2D eigenvalue weighted by Gasteiger charge is -2.28. The molecule has 10 heteroatoms. The van der Waals surface area contributed by atoms with Gasteiger partial charge in [-0.15, -0.1) is 0 Å². The first kappa shape index (κ1) is 22.3. The Morgan fingerprint density at radius 3 is 2.70 bits per heavy atom. The van der Waals surface area contributed by atoms with Gasteiger partial charge in [0, 0.05) is 26.1 Å². The highest BCUT2D eigenvalue weighted by Crippen LogP contribution is 2.29. The van der Waals surface area contributed by atoms with E-state index in [0.29, 0.717) is 19.7 Å². The number of fused-ring (bicyclic) bond motifs is 1. The molecule has 0 atom stereocenters. The van der Waals surface area contributed by atoms with Gasteiger partial charge in [-0.2, -0.15) is 5.10 Å². The second kappa shape index (κ2) is 11.1. The van der Waals surface area contributed by atoms with Crippen LogP contribution in [0, 0.1) is 0 Å². The van der Waals surface area contributed by atoms with Crippen LogP contribution in [0.5, 0.6) is 0 Å². The monoisotopic (exact) mass is 434 g/mol. The molecule has 9 nitrogen and oxygen atoms in total. The largest absolute Gasteiger partial charge is 0.466 e. The number of anilines is 1. The molecule has 3 rings (SSSR count). The third-order valence-electron chi connectivity index (χ3n) is 4.89. The number of ether oxygens (including phenoxy) is 1. The summed E-state index contributed by atoms with van der Waals surface area (Å²) in [7, 11) is 0. The lowest BCUT2D eigenvalue weighted by Crippen LogP contribution is -2.30. The number of carbonyl (C=O) groups excluding carboxylic acids is 2. The van der Waals surface area contributed by atoms with Crippen molar-refractivity contribution in [2.45, 2.75) is 57.7 Å². The van der Waals surface area contributed by atoms with Gasteiger partial charge in [0.25, 0.3) is 0 Å². The van der Waals surface area contributed by atoms with Crippen LogP contribution < -0.4 is 10.2 Å². The fraction of sp³-hybridized carbons (Fsp3) is 0.650. The number of carbonyl (C=O) groups is 2. The number of rotatable bonds is 10. The molecule has 0 aromatic carbocycles. The van der Waals surface area contributed by atoms with Crippen molar-refractivity contribution in [2.24, 2.45) is 0 Å². The van der Waals surface area contributed by atoms with Crippen LogP contribution >= 0.6 is 11.8 Å². The number of thioether (sulfide) groups is 1. The first-order valence-electron chi connectivity index (χ1n) is 10.7.